The first kappa shape index (κ1) is 29.4. The monoisotopic (exact) mass is 684 g/mol. The SMILES string of the molecule is O=P(c1ccccc1)(c1ccccc1)c1ccc(-c2sc(-c3ccc(P(c4ccccc4)c4ccccc4)s3)c3cnncc23)s1. The largest absolute Gasteiger partial charge is 0.308 e. The fourth-order valence-electron chi connectivity index (χ4n) is 5.69. The van der Waals surface area contributed by atoms with Gasteiger partial charge in [-0.25, -0.2) is 0 Å². The predicted molar refractivity (Wildman–Crippen MR) is 202 cm³/mol. The van der Waals surface area contributed by atoms with Crippen LogP contribution in [0.15, 0.2) is 158 Å². The second-order valence-electron chi connectivity index (χ2n) is 10.6. The Balaban J connectivity index is 1.23. The number of thiophene rings is 3. The molecule has 0 radical (unpaired) electrons. The predicted octanol–water partition coefficient (Wildman–Crippen LogP) is 8.55. The van der Waals surface area contributed by atoms with E-state index in [-0.39, 0.29) is 0 Å². The van der Waals surface area contributed by atoms with E-state index in [0.717, 1.165) is 35.8 Å². The van der Waals surface area contributed by atoms with Gasteiger partial charge in [0.2, 0.25) is 0 Å². The van der Waals surface area contributed by atoms with E-state index < -0.39 is 15.1 Å². The molecule has 0 bridgehead atoms. The number of fused-ring (bicyclic) bond motifs is 1. The molecule has 8 rings (SSSR count). The van der Waals surface area contributed by atoms with E-state index in [0.29, 0.717) is 0 Å². The number of rotatable bonds is 8. The minimum Gasteiger partial charge on any atom is -0.308 e. The maximum absolute atomic E-state index is 15.0. The van der Waals surface area contributed by atoms with E-state index in [9.17, 15) is 0 Å². The van der Waals surface area contributed by atoms with Crippen LogP contribution in [-0.2, 0) is 4.57 Å². The molecule has 0 aliphatic heterocycles. The Morgan fingerprint density at radius 1 is 0.478 bits per heavy atom. The molecule has 0 aliphatic carbocycles. The third kappa shape index (κ3) is 5.31. The third-order valence-corrected chi connectivity index (χ3v) is 18.1. The highest BCUT2D eigenvalue weighted by Gasteiger charge is 2.32. The average molecular weight is 685 g/mol. The lowest BCUT2D eigenvalue weighted by atomic mass is 10.2. The molecule has 0 fully saturated rings. The van der Waals surface area contributed by atoms with Crippen molar-refractivity contribution in [2.75, 3.05) is 0 Å². The quantitative estimate of drug-likeness (QED) is 0.151. The Morgan fingerprint density at radius 2 is 0.935 bits per heavy atom. The van der Waals surface area contributed by atoms with Crippen molar-refractivity contribution in [3.05, 3.63) is 158 Å². The zero-order valence-electron chi connectivity index (χ0n) is 24.4. The van der Waals surface area contributed by atoms with Crippen LogP contribution in [0.3, 0.4) is 0 Å². The van der Waals surface area contributed by atoms with Crippen LogP contribution in [0, 0.1) is 0 Å². The van der Waals surface area contributed by atoms with Gasteiger partial charge in [-0.3, -0.25) is 0 Å². The van der Waals surface area contributed by atoms with Crippen LogP contribution in [0.2, 0.25) is 0 Å². The molecule has 222 valence electrons. The molecule has 4 heterocycles. The van der Waals surface area contributed by atoms with E-state index in [2.05, 4.69) is 95.1 Å². The number of aromatic nitrogens is 2. The highest BCUT2D eigenvalue weighted by molar-refractivity contribution is 7.89. The number of hydrogen-bond donors (Lipinski definition) is 0. The summed E-state index contributed by atoms with van der Waals surface area (Å²) in [5.41, 5.74) is 0. The first-order valence-corrected chi connectivity index (χ1v) is 20.3. The van der Waals surface area contributed by atoms with Gasteiger partial charge in [0.05, 0.1) is 26.8 Å². The summed E-state index contributed by atoms with van der Waals surface area (Å²) in [7, 11) is -3.74. The summed E-state index contributed by atoms with van der Waals surface area (Å²) in [5.74, 6) is 0. The van der Waals surface area contributed by atoms with E-state index in [4.69, 9.17) is 0 Å². The van der Waals surface area contributed by atoms with E-state index >= 15 is 4.57 Å². The Labute approximate surface area is 281 Å². The van der Waals surface area contributed by atoms with Crippen LogP contribution in [0.25, 0.3) is 30.3 Å². The Kier molecular flexibility index (Phi) is 8.08. The first-order chi connectivity index (χ1) is 22.7. The second kappa shape index (κ2) is 12.6. The molecule has 0 unspecified atom stereocenters. The van der Waals surface area contributed by atoms with Crippen LogP contribution in [0.4, 0.5) is 0 Å². The summed E-state index contributed by atoms with van der Waals surface area (Å²) in [5, 5.41) is 15.1. The van der Waals surface area contributed by atoms with Gasteiger partial charge in [0.25, 0.3) is 0 Å². The molecular formula is C38H26N2OP2S3. The van der Waals surface area contributed by atoms with Crippen molar-refractivity contribution in [1.82, 2.24) is 10.2 Å². The first-order valence-electron chi connectivity index (χ1n) is 14.8. The summed E-state index contributed by atoms with van der Waals surface area (Å²) < 4.78 is 17.3. The molecule has 0 saturated heterocycles. The molecule has 0 amide bonds. The van der Waals surface area contributed by atoms with Gasteiger partial charge in [-0.05, 0) is 42.8 Å². The lowest BCUT2D eigenvalue weighted by Gasteiger charge is -2.17. The molecular weight excluding hydrogens is 659 g/mol. The van der Waals surface area contributed by atoms with Gasteiger partial charge in [0.15, 0.2) is 7.14 Å². The fourth-order valence-corrected chi connectivity index (χ4v) is 15.7. The normalized spacial score (nSPS) is 11.8. The van der Waals surface area contributed by atoms with Crippen molar-refractivity contribution in [2.24, 2.45) is 0 Å². The van der Waals surface area contributed by atoms with Gasteiger partial charge in [0.1, 0.15) is 0 Å². The van der Waals surface area contributed by atoms with Gasteiger partial charge in [-0.1, -0.05) is 121 Å². The second-order valence-corrected chi connectivity index (χ2v) is 19.4. The summed E-state index contributed by atoms with van der Waals surface area (Å²) in [6.07, 6.45) is 3.75. The minimum atomic E-state index is -3.05. The number of hydrogen-bond acceptors (Lipinski definition) is 6. The lowest BCUT2D eigenvalue weighted by molar-refractivity contribution is 0.593. The molecule has 0 saturated carbocycles. The summed E-state index contributed by atoms with van der Waals surface area (Å²) >= 11 is 5.25. The lowest BCUT2D eigenvalue weighted by Crippen LogP contribution is -2.22. The Morgan fingerprint density at radius 3 is 1.46 bits per heavy atom. The highest BCUT2D eigenvalue weighted by atomic mass is 32.1. The maximum Gasteiger partial charge on any atom is 0.180 e. The number of benzene rings is 4. The molecule has 4 aromatic carbocycles. The molecule has 4 aromatic heterocycles. The molecule has 0 N–H and O–H groups in total. The van der Waals surface area contributed by atoms with Gasteiger partial charge in [-0.15, -0.1) is 34.0 Å². The van der Waals surface area contributed by atoms with Crippen LogP contribution >= 0.6 is 49.1 Å². The van der Waals surface area contributed by atoms with Gasteiger partial charge < -0.3 is 4.57 Å². The van der Waals surface area contributed by atoms with Crippen LogP contribution in [-0.4, -0.2) is 10.2 Å². The molecule has 0 atom stereocenters. The van der Waals surface area contributed by atoms with Crippen molar-refractivity contribution in [3.8, 4) is 19.5 Å². The van der Waals surface area contributed by atoms with E-state index in [1.807, 2.05) is 84.4 Å². The van der Waals surface area contributed by atoms with Crippen molar-refractivity contribution < 1.29 is 4.57 Å². The van der Waals surface area contributed by atoms with Crippen LogP contribution in [0.5, 0.6) is 0 Å². The van der Waals surface area contributed by atoms with Crippen molar-refractivity contribution in [2.45, 2.75) is 0 Å². The van der Waals surface area contributed by atoms with E-state index in [1.54, 1.807) is 22.7 Å². The van der Waals surface area contributed by atoms with Crippen LogP contribution < -0.4 is 30.5 Å². The smallest absolute Gasteiger partial charge is 0.180 e. The zero-order chi connectivity index (χ0) is 30.9. The van der Waals surface area contributed by atoms with Crippen molar-refractivity contribution >= 4 is 90.3 Å². The number of nitrogens with zero attached hydrogens (tertiary/aromatic N) is 2. The standard InChI is InChI=1S/C38H26N2OP2S3/c41-43(29-17-9-3-10-18-29,30-19-11-4-12-20-30)36-24-22-34(45-36)38-32-26-40-39-25-31(32)37(46-38)33-21-23-35(44-33)42(27-13-5-1-6-14-27)28-15-7-2-8-16-28/h1-26H. The van der Waals surface area contributed by atoms with Crippen molar-refractivity contribution in [3.63, 3.8) is 0 Å². The molecule has 0 aliphatic rings. The highest BCUT2D eigenvalue weighted by Crippen LogP contribution is 2.50. The summed E-state index contributed by atoms with van der Waals surface area (Å²) in [4.78, 5) is 4.63. The topological polar surface area (TPSA) is 42.9 Å². The molecule has 0 spiro atoms. The third-order valence-electron chi connectivity index (χ3n) is 7.85. The Bertz CT molecular complexity index is 2220. The summed E-state index contributed by atoms with van der Waals surface area (Å²) in [6.45, 7) is 0. The molecule has 3 nitrogen and oxygen atoms in total. The molecule has 8 aromatic rings. The summed E-state index contributed by atoms with van der Waals surface area (Å²) in [6, 6.07) is 50.1. The average Bonchev–Trinajstić information content (AvgIpc) is 3.89. The Hall–Kier alpha value is -4.02. The van der Waals surface area contributed by atoms with Gasteiger partial charge in [-0.2, -0.15) is 10.2 Å². The van der Waals surface area contributed by atoms with Gasteiger partial charge in [0, 0.05) is 35.8 Å². The van der Waals surface area contributed by atoms with Crippen molar-refractivity contribution in [1.29, 1.82) is 0 Å². The fraction of sp³-hybridized carbons (Fsp3) is 0. The van der Waals surface area contributed by atoms with Gasteiger partial charge >= 0.3 is 0 Å². The zero-order valence-corrected chi connectivity index (χ0v) is 28.7. The molecule has 46 heavy (non-hydrogen) atoms. The minimum absolute atomic E-state index is 0.684. The maximum atomic E-state index is 15.0. The van der Waals surface area contributed by atoms with Crippen LogP contribution in [0.1, 0.15) is 0 Å². The molecule has 8 heteroatoms. The van der Waals surface area contributed by atoms with E-state index in [1.165, 1.54) is 25.0 Å².